The predicted molar refractivity (Wildman–Crippen MR) is 133 cm³/mol. The Kier molecular flexibility index (Phi) is 6.60. The van der Waals surface area contributed by atoms with Crippen LogP contribution in [0.5, 0.6) is 5.75 Å². The van der Waals surface area contributed by atoms with Crippen molar-refractivity contribution in [3.8, 4) is 5.75 Å². The third-order valence-electron chi connectivity index (χ3n) is 6.21. The van der Waals surface area contributed by atoms with E-state index in [9.17, 15) is 19.1 Å². The number of aliphatic hydroxyl groups excluding tert-OH is 1. The van der Waals surface area contributed by atoms with E-state index in [4.69, 9.17) is 4.74 Å². The van der Waals surface area contributed by atoms with Gasteiger partial charge < -0.3 is 19.6 Å². The van der Waals surface area contributed by atoms with Gasteiger partial charge in [0.25, 0.3) is 11.7 Å². The first-order valence-corrected chi connectivity index (χ1v) is 11.2. The molecule has 35 heavy (non-hydrogen) atoms. The molecular weight excluding hydrogens is 447 g/mol. The number of carbonyl (C=O) groups is 2. The minimum Gasteiger partial charge on any atom is -0.507 e. The Morgan fingerprint density at radius 1 is 1.03 bits per heavy atom. The largest absolute Gasteiger partial charge is 0.507 e. The van der Waals surface area contributed by atoms with Crippen LogP contribution in [0.3, 0.4) is 0 Å². The minimum atomic E-state index is -0.807. The van der Waals surface area contributed by atoms with Gasteiger partial charge in [-0.15, -0.1) is 0 Å². The van der Waals surface area contributed by atoms with E-state index in [1.54, 1.807) is 26.2 Å². The van der Waals surface area contributed by atoms with Crippen LogP contribution in [0.4, 0.5) is 10.1 Å². The van der Waals surface area contributed by atoms with Crippen molar-refractivity contribution in [3.63, 3.8) is 0 Å². The quantitative estimate of drug-likeness (QED) is 0.315. The van der Waals surface area contributed by atoms with Gasteiger partial charge in [-0.05, 0) is 66.1 Å². The van der Waals surface area contributed by atoms with Gasteiger partial charge in [-0.1, -0.05) is 24.3 Å². The van der Waals surface area contributed by atoms with Gasteiger partial charge in [-0.25, -0.2) is 4.39 Å². The van der Waals surface area contributed by atoms with Crippen LogP contribution < -0.4 is 9.64 Å². The highest BCUT2D eigenvalue weighted by atomic mass is 19.1. The molecule has 1 N–H and O–H groups in total. The van der Waals surface area contributed by atoms with Crippen LogP contribution in [0.15, 0.2) is 72.3 Å². The van der Waals surface area contributed by atoms with Crippen molar-refractivity contribution in [2.45, 2.75) is 19.5 Å². The molecule has 0 bridgehead atoms. The summed E-state index contributed by atoms with van der Waals surface area (Å²) in [7, 11) is 5.41. The maximum absolute atomic E-state index is 13.8. The molecule has 180 valence electrons. The van der Waals surface area contributed by atoms with Crippen LogP contribution in [0.1, 0.15) is 28.3 Å². The molecule has 0 aliphatic carbocycles. The van der Waals surface area contributed by atoms with Crippen LogP contribution in [0.25, 0.3) is 5.76 Å². The van der Waals surface area contributed by atoms with Crippen molar-refractivity contribution >= 4 is 23.1 Å². The van der Waals surface area contributed by atoms with Crippen LogP contribution in [0.2, 0.25) is 0 Å². The van der Waals surface area contributed by atoms with Crippen molar-refractivity contribution in [3.05, 3.63) is 100 Å². The SMILES string of the molecule is COc1ccc(CN2C(=O)C(=O)/C(=C(\O)c3ccc(F)c(C)c3)C2c2ccc(N(C)C)cc2)cc1. The van der Waals surface area contributed by atoms with Gasteiger partial charge >= 0.3 is 0 Å². The molecule has 1 fully saturated rings. The van der Waals surface area contributed by atoms with Gasteiger partial charge in [0.15, 0.2) is 0 Å². The van der Waals surface area contributed by atoms with Gasteiger partial charge in [-0.3, -0.25) is 9.59 Å². The predicted octanol–water partition coefficient (Wildman–Crippen LogP) is 4.83. The molecule has 3 aromatic carbocycles. The molecule has 0 radical (unpaired) electrons. The lowest BCUT2D eigenvalue weighted by Crippen LogP contribution is -2.29. The lowest BCUT2D eigenvalue weighted by molar-refractivity contribution is -0.140. The molecule has 1 unspecified atom stereocenters. The number of hydrogen-bond acceptors (Lipinski definition) is 5. The molecule has 4 rings (SSSR count). The normalized spacial score (nSPS) is 17.1. The molecule has 1 heterocycles. The number of amides is 1. The monoisotopic (exact) mass is 474 g/mol. The number of nitrogens with zero attached hydrogens (tertiary/aromatic N) is 2. The second-order valence-electron chi connectivity index (χ2n) is 8.72. The molecule has 1 aliphatic rings. The Hall–Kier alpha value is -4.13. The van der Waals surface area contributed by atoms with Crippen molar-refractivity contribution in [1.82, 2.24) is 4.90 Å². The zero-order valence-electron chi connectivity index (χ0n) is 20.1. The molecule has 1 aliphatic heterocycles. The Balaban J connectivity index is 1.84. The summed E-state index contributed by atoms with van der Waals surface area (Å²) < 4.78 is 19.0. The third-order valence-corrected chi connectivity index (χ3v) is 6.21. The smallest absolute Gasteiger partial charge is 0.295 e. The van der Waals surface area contributed by atoms with E-state index < -0.39 is 23.5 Å². The van der Waals surface area contributed by atoms with E-state index in [1.807, 2.05) is 55.4 Å². The number of Topliss-reactive ketones (excluding diaryl/α,β-unsaturated/α-hetero) is 1. The van der Waals surface area contributed by atoms with E-state index in [-0.39, 0.29) is 23.4 Å². The van der Waals surface area contributed by atoms with Gasteiger partial charge in [0.1, 0.15) is 17.3 Å². The van der Waals surface area contributed by atoms with Gasteiger partial charge in [0.05, 0.1) is 18.7 Å². The molecule has 7 heteroatoms. The standard InChI is InChI=1S/C28H27FN2O4/c1-17-15-20(9-14-23(17)29)26(32)24-25(19-7-10-21(11-8-19)30(2)3)31(28(34)27(24)33)16-18-5-12-22(35-4)13-6-18/h5-15,25,32H,16H2,1-4H3/b26-24-. The van der Waals surface area contributed by atoms with Crippen LogP contribution >= 0.6 is 0 Å². The summed E-state index contributed by atoms with van der Waals surface area (Å²) in [6, 6.07) is 18.0. The molecule has 0 aromatic heterocycles. The number of anilines is 1. The Labute approximate surface area is 203 Å². The summed E-state index contributed by atoms with van der Waals surface area (Å²) >= 11 is 0. The first-order valence-electron chi connectivity index (χ1n) is 11.2. The van der Waals surface area contributed by atoms with Crippen LogP contribution in [-0.4, -0.2) is 42.9 Å². The summed E-state index contributed by atoms with van der Waals surface area (Å²) in [5.74, 6) is -1.55. The summed E-state index contributed by atoms with van der Waals surface area (Å²) in [5, 5.41) is 11.2. The lowest BCUT2D eigenvalue weighted by atomic mass is 9.94. The Morgan fingerprint density at radius 3 is 2.26 bits per heavy atom. The van der Waals surface area contributed by atoms with E-state index in [2.05, 4.69) is 0 Å². The number of likely N-dealkylation sites (tertiary alicyclic amines) is 1. The van der Waals surface area contributed by atoms with Crippen molar-refractivity contribution in [2.24, 2.45) is 0 Å². The van der Waals surface area contributed by atoms with Crippen LogP contribution in [0, 0.1) is 12.7 Å². The molecule has 3 aromatic rings. The fourth-order valence-electron chi connectivity index (χ4n) is 4.22. The highest BCUT2D eigenvalue weighted by Crippen LogP contribution is 2.41. The fourth-order valence-corrected chi connectivity index (χ4v) is 4.22. The number of hydrogen-bond donors (Lipinski definition) is 1. The number of halogens is 1. The number of methoxy groups -OCH3 is 1. The average Bonchev–Trinajstić information content (AvgIpc) is 3.10. The lowest BCUT2D eigenvalue weighted by Gasteiger charge is -2.26. The second kappa shape index (κ2) is 9.62. The molecule has 6 nitrogen and oxygen atoms in total. The molecule has 1 amide bonds. The molecule has 0 spiro atoms. The van der Waals surface area contributed by atoms with Crippen LogP contribution in [-0.2, 0) is 16.1 Å². The number of ether oxygens (including phenoxy) is 1. The number of aliphatic hydroxyl groups is 1. The third kappa shape index (κ3) is 4.62. The molecule has 1 saturated heterocycles. The fraction of sp³-hybridized carbons (Fsp3) is 0.214. The van der Waals surface area contributed by atoms with Crippen molar-refractivity contribution in [1.29, 1.82) is 0 Å². The number of carbonyl (C=O) groups excluding carboxylic acids is 2. The van der Waals surface area contributed by atoms with E-state index >= 15 is 0 Å². The number of aryl methyl sites for hydroxylation is 1. The molecular formula is C28H27FN2O4. The summed E-state index contributed by atoms with van der Waals surface area (Å²) in [4.78, 5) is 29.8. The Morgan fingerprint density at radius 2 is 1.69 bits per heavy atom. The molecule has 1 atom stereocenters. The first-order chi connectivity index (χ1) is 16.7. The van der Waals surface area contributed by atoms with Gasteiger partial charge in [0, 0.05) is 31.9 Å². The summed E-state index contributed by atoms with van der Waals surface area (Å²) in [5.41, 5.74) is 3.03. The van der Waals surface area contributed by atoms with Crippen molar-refractivity contribution < 1.29 is 23.8 Å². The first kappa shape index (κ1) is 24.0. The highest BCUT2D eigenvalue weighted by molar-refractivity contribution is 6.46. The maximum atomic E-state index is 13.8. The zero-order valence-corrected chi connectivity index (χ0v) is 20.1. The minimum absolute atomic E-state index is 0.0212. The Bertz CT molecular complexity index is 1300. The number of rotatable bonds is 6. The van der Waals surface area contributed by atoms with E-state index in [0.717, 1.165) is 11.3 Å². The molecule has 0 saturated carbocycles. The number of benzene rings is 3. The summed E-state index contributed by atoms with van der Waals surface area (Å²) in [6.07, 6.45) is 0. The topological polar surface area (TPSA) is 70.1 Å². The zero-order chi connectivity index (χ0) is 25.3. The van der Waals surface area contributed by atoms with Gasteiger partial charge in [0.2, 0.25) is 0 Å². The number of ketones is 1. The van der Waals surface area contributed by atoms with E-state index in [1.165, 1.54) is 23.1 Å². The summed E-state index contributed by atoms with van der Waals surface area (Å²) in [6.45, 7) is 1.74. The van der Waals surface area contributed by atoms with E-state index in [0.29, 0.717) is 16.9 Å². The highest BCUT2D eigenvalue weighted by Gasteiger charge is 2.46. The van der Waals surface area contributed by atoms with Crippen molar-refractivity contribution in [2.75, 3.05) is 26.1 Å². The maximum Gasteiger partial charge on any atom is 0.295 e. The average molecular weight is 475 g/mol. The second-order valence-corrected chi connectivity index (χ2v) is 8.72. The van der Waals surface area contributed by atoms with Gasteiger partial charge in [-0.2, -0.15) is 0 Å².